The van der Waals surface area contributed by atoms with Crippen molar-refractivity contribution in [3.63, 3.8) is 0 Å². The van der Waals surface area contributed by atoms with E-state index in [-0.39, 0.29) is 6.04 Å². The third-order valence-electron chi connectivity index (χ3n) is 4.54. The molecule has 1 aromatic carbocycles. The summed E-state index contributed by atoms with van der Waals surface area (Å²) in [7, 11) is 1.68. The highest BCUT2D eigenvalue weighted by Gasteiger charge is 2.31. The Morgan fingerprint density at radius 3 is 2.46 bits per heavy atom. The SMILES string of the molecule is CCOCCNC(=NC)NCC(c1ccc(C(F)(F)F)cc1)N1CCOCC1. The molecule has 1 aliphatic heterocycles. The minimum atomic E-state index is -4.34. The predicted molar refractivity (Wildman–Crippen MR) is 102 cm³/mol. The number of hydrogen-bond acceptors (Lipinski definition) is 4. The first-order valence-corrected chi connectivity index (χ1v) is 9.47. The van der Waals surface area contributed by atoms with E-state index in [0.29, 0.717) is 45.5 Å². The fraction of sp³-hybridized carbons (Fsp3) is 0.632. The number of hydrogen-bond donors (Lipinski definition) is 2. The van der Waals surface area contributed by atoms with Crippen LogP contribution in [0, 0.1) is 0 Å². The highest BCUT2D eigenvalue weighted by Crippen LogP contribution is 2.31. The van der Waals surface area contributed by atoms with Crippen molar-refractivity contribution >= 4 is 5.96 Å². The summed E-state index contributed by atoms with van der Waals surface area (Å²) in [6, 6.07) is 5.29. The van der Waals surface area contributed by atoms with E-state index in [9.17, 15) is 13.2 Å². The molecule has 1 heterocycles. The van der Waals surface area contributed by atoms with Gasteiger partial charge in [-0.05, 0) is 24.6 Å². The molecule has 1 aromatic rings. The smallest absolute Gasteiger partial charge is 0.380 e. The van der Waals surface area contributed by atoms with Gasteiger partial charge in [-0.1, -0.05) is 12.1 Å². The van der Waals surface area contributed by atoms with Gasteiger partial charge in [-0.15, -0.1) is 0 Å². The average Bonchev–Trinajstić information content (AvgIpc) is 2.70. The van der Waals surface area contributed by atoms with Crippen LogP contribution in [0.15, 0.2) is 29.3 Å². The van der Waals surface area contributed by atoms with Gasteiger partial charge in [0.05, 0.1) is 31.4 Å². The summed E-state index contributed by atoms with van der Waals surface area (Å²) in [6.45, 7) is 6.97. The monoisotopic (exact) mass is 402 g/mol. The lowest BCUT2D eigenvalue weighted by Gasteiger charge is -2.35. The number of alkyl halides is 3. The van der Waals surface area contributed by atoms with Crippen molar-refractivity contribution in [2.45, 2.75) is 19.1 Å². The molecule has 0 saturated carbocycles. The third-order valence-corrected chi connectivity index (χ3v) is 4.54. The molecular weight excluding hydrogens is 373 g/mol. The number of nitrogens with one attached hydrogen (secondary N) is 2. The Hall–Kier alpha value is -1.84. The van der Waals surface area contributed by atoms with E-state index in [2.05, 4.69) is 20.5 Å². The molecular formula is C19H29F3N4O2. The summed E-state index contributed by atoms with van der Waals surface area (Å²) in [6.07, 6.45) is -4.34. The molecule has 0 aliphatic carbocycles. The minimum absolute atomic E-state index is 0.0865. The number of aliphatic imine (C=N–C) groups is 1. The normalized spacial score (nSPS) is 17.4. The average molecular weight is 402 g/mol. The van der Waals surface area contributed by atoms with E-state index in [1.807, 2.05) is 6.92 Å². The van der Waals surface area contributed by atoms with Crippen molar-refractivity contribution in [3.05, 3.63) is 35.4 Å². The van der Waals surface area contributed by atoms with E-state index in [1.165, 1.54) is 0 Å². The molecule has 1 fully saturated rings. The summed E-state index contributed by atoms with van der Waals surface area (Å²) in [5.41, 5.74) is 0.186. The fourth-order valence-electron chi connectivity index (χ4n) is 3.04. The number of benzene rings is 1. The van der Waals surface area contributed by atoms with Crippen LogP contribution in [0.5, 0.6) is 0 Å². The van der Waals surface area contributed by atoms with Gasteiger partial charge in [-0.25, -0.2) is 0 Å². The van der Waals surface area contributed by atoms with Crippen molar-refractivity contribution in [2.24, 2.45) is 4.99 Å². The third kappa shape index (κ3) is 6.96. The zero-order chi connectivity index (χ0) is 20.4. The molecule has 1 unspecified atom stereocenters. The van der Waals surface area contributed by atoms with Crippen molar-refractivity contribution in [1.82, 2.24) is 15.5 Å². The van der Waals surface area contributed by atoms with E-state index in [4.69, 9.17) is 9.47 Å². The molecule has 1 saturated heterocycles. The summed E-state index contributed by atoms with van der Waals surface area (Å²) in [4.78, 5) is 6.40. The van der Waals surface area contributed by atoms with Gasteiger partial charge >= 0.3 is 6.18 Å². The molecule has 0 radical (unpaired) electrons. The second kappa shape index (κ2) is 11.2. The molecule has 2 rings (SSSR count). The summed E-state index contributed by atoms with van der Waals surface area (Å²) in [5, 5.41) is 6.43. The van der Waals surface area contributed by atoms with Crippen molar-refractivity contribution in [3.8, 4) is 0 Å². The van der Waals surface area contributed by atoms with Crippen LogP contribution in [0.25, 0.3) is 0 Å². The van der Waals surface area contributed by atoms with Crippen LogP contribution in [0.2, 0.25) is 0 Å². The Bertz CT molecular complexity index is 602. The van der Waals surface area contributed by atoms with E-state index in [1.54, 1.807) is 19.2 Å². The van der Waals surface area contributed by atoms with Crippen LogP contribution in [0.1, 0.15) is 24.1 Å². The first-order valence-electron chi connectivity index (χ1n) is 9.47. The van der Waals surface area contributed by atoms with Gasteiger partial charge in [0.2, 0.25) is 0 Å². The van der Waals surface area contributed by atoms with Gasteiger partial charge in [0, 0.05) is 39.8 Å². The molecule has 158 valence electrons. The maximum Gasteiger partial charge on any atom is 0.416 e. The van der Waals surface area contributed by atoms with Gasteiger partial charge in [-0.3, -0.25) is 9.89 Å². The van der Waals surface area contributed by atoms with Gasteiger partial charge in [0.1, 0.15) is 0 Å². The fourth-order valence-corrected chi connectivity index (χ4v) is 3.04. The molecule has 0 aromatic heterocycles. The van der Waals surface area contributed by atoms with Crippen molar-refractivity contribution in [1.29, 1.82) is 0 Å². The second-order valence-electron chi connectivity index (χ2n) is 6.36. The number of rotatable bonds is 8. The number of halogens is 3. The molecule has 1 aliphatic rings. The van der Waals surface area contributed by atoms with Crippen molar-refractivity contribution in [2.75, 3.05) is 59.7 Å². The van der Waals surface area contributed by atoms with Crippen LogP contribution in [-0.2, 0) is 15.7 Å². The minimum Gasteiger partial charge on any atom is -0.380 e. The summed E-state index contributed by atoms with van der Waals surface area (Å²) < 4.78 is 49.3. The zero-order valence-corrected chi connectivity index (χ0v) is 16.4. The molecule has 1 atom stereocenters. The topological polar surface area (TPSA) is 58.1 Å². The number of guanidine groups is 1. The van der Waals surface area contributed by atoms with Gasteiger partial charge in [0.15, 0.2) is 5.96 Å². The van der Waals surface area contributed by atoms with E-state index in [0.717, 1.165) is 30.8 Å². The Labute approximate surface area is 164 Å². The van der Waals surface area contributed by atoms with E-state index >= 15 is 0 Å². The second-order valence-corrected chi connectivity index (χ2v) is 6.36. The maximum absolute atomic E-state index is 12.9. The highest BCUT2D eigenvalue weighted by molar-refractivity contribution is 5.79. The Balaban J connectivity index is 2.05. The molecule has 9 heteroatoms. The van der Waals surface area contributed by atoms with Crippen LogP contribution in [0.3, 0.4) is 0 Å². The van der Waals surface area contributed by atoms with Crippen molar-refractivity contribution < 1.29 is 22.6 Å². The number of ether oxygens (including phenoxy) is 2. The Morgan fingerprint density at radius 2 is 1.89 bits per heavy atom. The largest absolute Gasteiger partial charge is 0.416 e. The van der Waals surface area contributed by atoms with Gasteiger partial charge in [-0.2, -0.15) is 13.2 Å². The molecule has 28 heavy (non-hydrogen) atoms. The van der Waals surface area contributed by atoms with Crippen LogP contribution in [0.4, 0.5) is 13.2 Å². The van der Waals surface area contributed by atoms with E-state index < -0.39 is 11.7 Å². The summed E-state index contributed by atoms with van der Waals surface area (Å²) in [5.74, 6) is 0.630. The van der Waals surface area contributed by atoms with Gasteiger partial charge in [0.25, 0.3) is 0 Å². The molecule has 0 spiro atoms. The lowest BCUT2D eigenvalue weighted by molar-refractivity contribution is -0.137. The lowest BCUT2D eigenvalue weighted by Crippen LogP contribution is -2.46. The van der Waals surface area contributed by atoms with Gasteiger partial charge < -0.3 is 20.1 Å². The Kier molecular flexibility index (Phi) is 9.01. The first kappa shape index (κ1) is 22.4. The molecule has 6 nitrogen and oxygen atoms in total. The Morgan fingerprint density at radius 1 is 1.21 bits per heavy atom. The zero-order valence-electron chi connectivity index (χ0n) is 16.4. The van der Waals surface area contributed by atoms with Crippen LogP contribution in [-0.4, -0.2) is 70.5 Å². The number of nitrogens with zero attached hydrogens (tertiary/aromatic N) is 2. The first-order chi connectivity index (χ1) is 13.5. The quantitative estimate of drug-likeness (QED) is 0.397. The number of morpholine rings is 1. The molecule has 0 bridgehead atoms. The maximum atomic E-state index is 12.9. The molecule has 2 N–H and O–H groups in total. The standard InChI is InChI=1S/C19H29F3N4O2/c1-3-27-11-8-24-18(23-2)25-14-17(26-9-12-28-13-10-26)15-4-6-16(7-5-15)19(20,21)22/h4-7,17H,3,8-14H2,1-2H3,(H2,23,24,25). The molecule has 0 amide bonds. The summed E-state index contributed by atoms with van der Waals surface area (Å²) >= 11 is 0. The highest BCUT2D eigenvalue weighted by atomic mass is 19.4. The van der Waals surface area contributed by atoms with Crippen LogP contribution >= 0.6 is 0 Å². The lowest BCUT2D eigenvalue weighted by atomic mass is 10.0. The predicted octanol–water partition coefficient (Wildman–Crippen LogP) is 2.28. The van der Waals surface area contributed by atoms with Crippen LogP contribution < -0.4 is 10.6 Å².